The highest BCUT2D eigenvalue weighted by molar-refractivity contribution is 5.94. The minimum absolute atomic E-state index is 0.152. The number of carbonyl (C=O) groups is 1. The van der Waals surface area contributed by atoms with Crippen LogP contribution in [0.2, 0.25) is 0 Å². The summed E-state index contributed by atoms with van der Waals surface area (Å²) in [6.45, 7) is 2.59. The Hall–Kier alpha value is -2.51. The summed E-state index contributed by atoms with van der Waals surface area (Å²) in [5.41, 5.74) is 7.71. The van der Waals surface area contributed by atoms with E-state index < -0.39 is 0 Å². The molecule has 4 nitrogen and oxygen atoms in total. The molecule has 1 amide bonds. The number of aryl methyl sites for hydroxylation is 1. The van der Waals surface area contributed by atoms with Gasteiger partial charge in [0.25, 0.3) is 5.91 Å². The van der Waals surface area contributed by atoms with Gasteiger partial charge in [0.1, 0.15) is 5.76 Å². The third-order valence-corrected chi connectivity index (χ3v) is 2.68. The van der Waals surface area contributed by atoms with Crippen molar-refractivity contribution in [1.29, 1.82) is 0 Å². The lowest BCUT2D eigenvalue weighted by molar-refractivity contribution is 0.0948. The van der Waals surface area contributed by atoms with Crippen LogP contribution in [0.25, 0.3) is 0 Å². The van der Waals surface area contributed by atoms with Crippen LogP contribution in [0.4, 0.5) is 0 Å². The molecule has 1 aromatic carbocycles. The number of rotatable bonds is 3. The van der Waals surface area contributed by atoms with Crippen LogP contribution in [0.1, 0.15) is 27.2 Å². The summed E-state index contributed by atoms with van der Waals surface area (Å²) in [6.07, 6.45) is 1.58. The monoisotopic (exact) mass is 268 g/mol. The molecule has 1 aromatic heterocycles. The summed E-state index contributed by atoms with van der Waals surface area (Å²) in [5.74, 6) is 6.28. The van der Waals surface area contributed by atoms with Gasteiger partial charge in [0, 0.05) is 11.1 Å². The van der Waals surface area contributed by atoms with E-state index in [0.717, 1.165) is 11.1 Å². The molecule has 0 aliphatic carbocycles. The van der Waals surface area contributed by atoms with Crippen LogP contribution >= 0.6 is 0 Å². The fourth-order valence-corrected chi connectivity index (χ4v) is 1.82. The van der Waals surface area contributed by atoms with E-state index in [0.29, 0.717) is 24.4 Å². The van der Waals surface area contributed by atoms with Crippen molar-refractivity contribution in [3.05, 3.63) is 59.0 Å². The first-order valence-corrected chi connectivity index (χ1v) is 6.30. The van der Waals surface area contributed by atoms with Crippen molar-refractivity contribution in [2.24, 2.45) is 5.73 Å². The smallest absolute Gasteiger partial charge is 0.251 e. The van der Waals surface area contributed by atoms with E-state index in [9.17, 15) is 4.79 Å². The van der Waals surface area contributed by atoms with Crippen molar-refractivity contribution in [3.63, 3.8) is 0 Å². The third kappa shape index (κ3) is 3.74. The van der Waals surface area contributed by atoms with Gasteiger partial charge in [-0.1, -0.05) is 11.8 Å². The standard InChI is InChI=1S/C16H16N2O2/c1-12-8-13(4-2-6-17)10-14(9-12)16(19)18-11-15-5-3-7-20-15/h3,5,7-10H,6,11,17H2,1H3,(H,18,19). The Morgan fingerprint density at radius 1 is 1.40 bits per heavy atom. The zero-order chi connectivity index (χ0) is 14.4. The molecule has 0 saturated carbocycles. The van der Waals surface area contributed by atoms with Crippen molar-refractivity contribution in [1.82, 2.24) is 5.32 Å². The van der Waals surface area contributed by atoms with E-state index in [1.54, 1.807) is 18.4 Å². The topological polar surface area (TPSA) is 68.3 Å². The molecule has 3 N–H and O–H groups in total. The number of carbonyl (C=O) groups excluding carboxylic acids is 1. The van der Waals surface area contributed by atoms with Gasteiger partial charge in [0.05, 0.1) is 19.4 Å². The number of hydrogen-bond acceptors (Lipinski definition) is 3. The number of furan rings is 1. The molecule has 2 rings (SSSR count). The lowest BCUT2D eigenvalue weighted by Gasteiger charge is -2.05. The molecule has 0 spiro atoms. The van der Waals surface area contributed by atoms with Gasteiger partial charge in [-0.15, -0.1) is 0 Å². The summed E-state index contributed by atoms with van der Waals surface area (Å²) in [4.78, 5) is 12.1. The molecule has 0 saturated heterocycles. The van der Waals surface area contributed by atoms with Gasteiger partial charge >= 0.3 is 0 Å². The molecule has 2 aromatic rings. The summed E-state index contributed by atoms with van der Waals surface area (Å²) in [5, 5.41) is 2.81. The Balaban J connectivity index is 2.10. The SMILES string of the molecule is Cc1cc(C#CCN)cc(C(=O)NCc2ccco2)c1. The first-order chi connectivity index (χ1) is 9.69. The van der Waals surface area contributed by atoms with E-state index >= 15 is 0 Å². The van der Waals surface area contributed by atoms with Crippen LogP contribution < -0.4 is 11.1 Å². The maximum Gasteiger partial charge on any atom is 0.251 e. The lowest BCUT2D eigenvalue weighted by atomic mass is 10.1. The van der Waals surface area contributed by atoms with Crippen LogP contribution in [0, 0.1) is 18.8 Å². The van der Waals surface area contributed by atoms with Crippen molar-refractivity contribution < 1.29 is 9.21 Å². The molecule has 0 aliphatic rings. The van der Waals surface area contributed by atoms with Crippen LogP contribution in [-0.4, -0.2) is 12.5 Å². The molecule has 0 bridgehead atoms. The second-order valence-electron chi connectivity index (χ2n) is 4.36. The highest BCUT2D eigenvalue weighted by Gasteiger charge is 2.07. The highest BCUT2D eigenvalue weighted by Crippen LogP contribution is 2.09. The Morgan fingerprint density at radius 3 is 2.95 bits per heavy atom. The summed E-state index contributed by atoms with van der Waals surface area (Å²) < 4.78 is 5.17. The average Bonchev–Trinajstić information content (AvgIpc) is 2.95. The van der Waals surface area contributed by atoms with Crippen molar-refractivity contribution in [3.8, 4) is 11.8 Å². The van der Waals surface area contributed by atoms with E-state index in [1.807, 2.05) is 25.1 Å². The van der Waals surface area contributed by atoms with Gasteiger partial charge in [-0.2, -0.15) is 0 Å². The first-order valence-electron chi connectivity index (χ1n) is 6.30. The fraction of sp³-hybridized carbons (Fsp3) is 0.188. The van der Waals surface area contributed by atoms with Crippen LogP contribution in [-0.2, 0) is 6.54 Å². The molecule has 20 heavy (non-hydrogen) atoms. The predicted octanol–water partition coefficient (Wildman–Crippen LogP) is 1.83. The normalized spacial score (nSPS) is 9.70. The minimum Gasteiger partial charge on any atom is -0.467 e. The predicted molar refractivity (Wildman–Crippen MR) is 77.0 cm³/mol. The molecule has 0 aliphatic heterocycles. The van der Waals surface area contributed by atoms with Gasteiger partial charge < -0.3 is 15.5 Å². The number of nitrogens with two attached hydrogens (primary N) is 1. The van der Waals surface area contributed by atoms with Crippen molar-refractivity contribution in [2.45, 2.75) is 13.5 Å². The van der Waals surface area contributed by atoms with Gasteiger partial charge in [0.2, 0.25) is 0 Å². The molecule has 0 unspecified atom stereocenters. The molecule has 4 heteroatoms. The summed E-state index contributed by atoms with van der Waals surface area (Å²) in [6, 6.07) is 9.10. The summed E-state index contributed by atoms with van der Waals surface area (Å²) >= 11 is 0. The Bertz CT molecular complexity index is 649. The zero-order valence-corrected chi connectivity index (χ0v) is 11.3. The van der Waals surface area contributed by atoms with Gasteiger partial charge in [-0.25, -0.2) is 0 Å². The minimum atomic E-state index is -0.152. The first kappa shape index (κ1) is 13.9. The van der Waals surface area contributed by atoms with Gasteiger partial charge in [-0.05, 0) is 42.8 Å². The van der Waals surface area contributed by atoms with Crippen LogP contribution in [0.5, 0.6) is 0 Å². The number of nitrogens with one attached hydrogen (secondary N) is 1. The number of hydrogen-bond donors (Lipinski definition) is 2. The molecular weight excluding hydrogens is 252 g/mol. The molecule has 0 atom stereocenters. The maximum atomic E-state index is 12.1. The fourth-order valence-electron chi connectivity index (χ4n) is 1.82. The molecule has 102 valence electrons. The number of amides is 1. The Kier molecular flexibility index (Phi) is 4.59. The van der Waals surface area contributed by atoms with Crippen LogP contribution in [0.15, 0.2) is 41.0 Å². The van der Waals surface area contributed by atoms with Crippen molar-refractivity contribution >= 4 is 5.91 Å². The Labute approximate surface area is 118 Å². The average molecular weight is 268 g/mol. The van der Waals surface area contributed by atoms with Crippen molar-refractivity contribution in [2.75, 3.05) is 6.54 Å². The van der Waals surface area contributed by atoms with Gasteiger partial charge in [-0.3, -0.25) is 4.79 Å². The molecule has 0 fully saturated rings. The molecular formula is C16H16N2O2. The number of benzene rings is 1. The van der Waals surface area contributed by atoms with E-state index in [4.69, 9.17) is 10.2 Å². The third-order valence-electron chi connectivity index (χ3n) is 2.68. The Morgan fingerprint density at radius 2 is 2.25 bits per heavy atom. The quantitative estimate of drug-likeness (QED) is 0.834. The second kappa shape index (κ2) is 6.60. The zero-order valence-electron chi connectivity index (χ0n) is 11.3. The van der Waals surface area contributed by atoms with Gasteiger partial charge in [0.15, 0.2) is 0 Å². The maximum absolute atomic E-state index is 12.1. The van der Waals surface area contributed by atoms with E-state index in [2.05, 4.69) is 17.2 Å². The molecule has 1 heterocycles. The lowest BCUT2D eigenvalue weighted by Crippen LogP contribution is -2.22. The summed E-state index contributed by atoms with van der Waals surface area (Å²) in [7, 11) is 0. The molecule has 0 radical (unpaired) electrons. The van der Waals surface area contributed by atoms with E-state index in [1.165, 1.54) is 0 Å². The van der Waals surface area contributed by atoms with E-state index in [-0.39, 0.29) is 5.91 Å². The largest absolute Gasteiger partial charge is 0.467 e. The highest BCUT2D eigenvalue weighted by atomic mass is 16.3. The van der Waals surface area contributed by atoms with Crippen LogP contribution in [0.3, 0.4) is 0 Å². The second-order valence-corrected chi connectivity index (χ2v) is 4.36.